The third-order valence-electron chi connectivity index (χ3n) is 8.59. The molecular formula is C33H41BClN3O5. The third kappa shape index (κ3) is 6.26. The van der Waals surface area contributed by atoms with E-state index in [4.69, 9.17) is 30.6 Å². The summed E-state index contributed by atoms with van der Waals surface area (Å²) in [6.07, 6.45) is 2.73. The molecule has 0 aliphatic carbocycles. The molecule has 43 heavy (non-hydrogen) atoms. The molecule has 10 heteroatoms. The van der Waals surface area contributed by atoms with Crippen LogP contribution in [-0.4, -0.2) is 64.9 Å². The molecule has 2 aliphatic rings. The summed E-state index contributed by atoms with van der Waals surface area (Å²) >= 11 is 6.85. The van der Waals surface area contributed by atoms with Gasteiger partial charge in [0.25, 0.3) is 5.91 Å². The van der Waals surface area contributed by atoms with E-state index in [1.807, 2.05) is 85.7 Å². The Morgan fingerprint density at radius 1 is 1.09 bits per heavy atom. The van der Waals surface area contributed by atoms with Crippen LogP contribution in [0.3, 0.4) is 0 Å². The maximum Gasteiger partial charge on any atom is 0.494 e. The minimum absolute atomic E-state index is 0.287. The molecular weight excluding hydrogens is 565 g/mol. The van der Waals surface area contributed by atoms with Gasteiger partial charge in [0.05, 0.1) is 27.8 Å². The topological polar surface area (TPSA) is 81.2 Å². The van der Waals surface area contributed by atoms with E-state index in [0.29, 0.717) is 42.3 Å². The van der Waals surface area contributed by atoms with Crippen molar-refractivity contribution in [1.82, 2.24) is 9.88 Å². The van der Waals surface area contributed by atoms with Crippen molar-refractivity contribution in [3.8, 4) is 0 Å². The Bertz CT molecular complexity index is 1530. The number of ether oxygens (including phenoxy) is 1. The molecule has 0 unspecified atom stereocenters. The molecule has 0 saturated carbocycles. The van der Waals surface area contributed by atoms with E-state index in [2.05, 4.69) is 0 Å². The summed E-state index contributed by atoms with van der Waals surface area (Å²) in [7, 11) is -0.606. The van der Waals surface area contributed by atoms with Gasteiger partial charge in [-0.1, -0.05) is 35.9 Å². The van der Waals surface area contributed by atoms with Crippen LogP contribution in [-0.2, 0) is 14.0 Å². The summed E-state index contributed by atoms with van der Waals surface area (Å²) in [6, 6.07) is 12.9. The fourth-order valence-corrected chi connectivity index (χ4v) is 5.89. The SMILES string of the molecule is Cc1cccc2ccnc(N(C(=O)c3ccc(B4OC(C)(C)C(C)(C)O4)cc3Cl)[C@@H]3CCCN(C(=O)OC(C)(C)C)C3)c12. The van der Waals surface area contributed by atoms with E-state index in [9.17, 15) is 9.59 Å². The van der Waals surface area contributed by atoms with Crippen molar-refractivity contribution in [3.63, 3.8) is 0 Å². The van der Waals surface area contributed by atoms with Crippen molar-refractivity contribution in [2.75, 3.05) is 18.0 Å². The van der Waals surface area contributed by atoms with Gasteiger partial charge in [0, 0.05) is 24.7 Å². The zero-order valence-electron chi connectivity index (χ0n) is 26.4. The van der Waals surface area contributed by atoms with E-state index in [0.717, 1.165) is 21.8 Å². The van der Waals surface area contributed by atoms with Gasteiger partial charge in [0.2, 0.25) is 0 Å². The molecule has 0 spiro atoms. The van der Waals surface area contributed by atoms with Crippen LogP contribution in [0.1, 0.15) is 77.2 Å². The number of rotatable bonds is 4. The number of aromatic nitrogens is 1. The van der Waals surface area contributed by atoms with Gasteiger partial charge < -0.3 is 18.9 Å². The summed E-state index contributed by atoms with van der Waals surface area (Å²) in [5.41, 5.74) is 0.437. The second-order valence-electron chi connectivity index (χ2n) is 13.5. The fraction of sp³-hybridized carbons (Fsp3) is 0.485. The number of carbonyl (C=O) groups is 2. The summed E-state index contributed by atoms with van der Waals surface area (Å²) in [5.74, 6) is 0.257. The number of likely N-dealkylation sites (tertiary alicyclic amines) is 1. The number of pyridine rings is 1. The molecule has 2 aromatic carbocycles. The molecule has 0 N–H and O–H groups in total. The first kappa shape index (κ1) is 31.3. The maximum atomic E-state index is 14.6. The molecule has 8 nitrogen and oxygen atoms in total. The normalized spacial score (nSPS) is 19.9. The predicted octanol–water partition coefficient (Wildman–Crippen LogP) is 6.54. The zero-order chi connectivity index (χ0) is 31.3. The number of amides is 2. The van der Waals surface area contributed by atoms with Crippen LogP contribution >= 0.6 is 11.6 Å². The van der Waals surface area contributed by atoms with Gasteiger partial charge in [-0.25, -0.2) is 9.78 Å². The summed E-state index contributed by atoms with van der Waals surface area (Å²) < 4.78 is 18.1. The largest absolute Gasteiger partial charge is 0.494 e. The van der Waals surface area contributed by atoms with Crippen LogP contribution in [0.2, 0.25) is 5.02 Å². The van der Waals surface area contributed by atoms with Crippen LogP contribution in [0, 0.1) is 6.92 Å². The number of hydrogen-bond acceptors (Lipinski definition) is 6. The molecule has 3 aromatic rings. The Kier molecular flexibility index (Phi) is 8.31. The van der Waals surface area contributed by atoms with E-state index in [1.165, 1.54) is 0 Å². The summed E-state index contributed by atoms with van der Waals surface area (Å²) in [4.78, 5) is 35.8. The van der Waals surface area contributed by atoms with Crippen LogP contribution in [0.15, 0.2) is 48.7 Å². The minimum atomic E-state index is -0.625. The lowest BCUT2D eigenvalue weighted by atomic mass is 9.79. The van der Waals surface area contributed by atoms with Crippen LogP contribution in [0.5, 0.6) is 0 Å². The summed E-state index contributed by atoms with van der Waals surface area (Å²) in [5, 5.41) is 2.15. The second kappa shape index (κ2) is 11.4. The third-order valence-corrected chi connectivity index (χ3v) is 8.90. The van der Waals surface area contributed by atoms with Gasteiger partial charge in [-0.15, -0.1) is 0 Å². The quantitative estimate of drug-likeness (QED) is 0.314. The monoisotopic (exact) mass is 605 g/mol. The lowest BCUT2D eigenvalue weighted by molar-refractivity contribution is 0.00578. The van der Waals surface area contributed by atoms with Gasteiger partial charge in [-0.2, -0.15) is 0 Å². The van der Waals surface area contributed by atoms with E-state index < -0.39 is 30.0 Å². The van der Waals surface area contributed by atoms with Gasteiger partial charge in [-0.3, -0.25) is 9.69 Å². The number of anilines is 1. The highest BCUT2D eigenvalue weighted by Crippen LogP contribution is 2.37. The Morgan fingerprint density at radius 3 is 2.44 bits per heavy atom. The van der Waals surface area contributed by atoms with Crippen molar-refractivity contribution < 1.29 is 23.6 Å². The van der Waals surface area contributed by atoms with Crippen molar-refractivity contribution in [2.45, 2.75) is 91.1 Å². The molecule has 2 saturated heterocycles. The summed E-state index contributed by atoms with van der Waals surface area (Å²) in [6.45, 7) is 16.4. The first-order valence-electron chi connectivity index (χ1n) is 14.9. The van der Waals surface area contributed by atoms with Gasteiger partial charge >= 0.3 is 13.2 Å². The number of carbonyl (C=O) groups excluding carboxylic acids is 2. The Morgan fingerprint density at radius 2 is 1.79 bits per heavy atom. The number of benzene rings is 2. The van der Waals surface area contributed by atoms with Gasteiger partial charge in [0.15, 0.2) is 0 Å². The molecule has 5 rings (SSSR count). The van der Waals surface area contributed by atoms with Gasteiger partial charge in [0.1, 0.15) is 11.4 Å². The van der Waals surface area contributed by atoms with Crippen LogP contribution in [0.25, 0.3) is 10.8 Å². The highest BCUT2D eigenvalue weighted by atomic mass is 35.5. The predicted molar refractivity (Wildman–Crippen MR) is 171 cm³/mol. The molecule has 2 amide bonds. The van der Waals surface area contributed by atoms with Crippen molar-refractivity contribution in [2.24, 2.45) is 0 Å². The highest BCUT2D eigenvalue weighted by Gasteiger charge is 2.52. The number of fused-ring (bicyclic) bond motifs is 1. The Hall–Kier alpha value is -3.14. The average molecular weight is 606 g/mol. The minimum Gasteiger partial charge on any atom is -0.444 e. The first-order valence-corrected chi connectivity index (χ1v) is 15.3. The molecule has 1 aromatic heterocycles. The highest BCUT2D eigenvalue weighted by molar-refractivity contribution is 6.62. The number of aryl methyl sites for hydroxylation is 1. The molecule has 1 atom stereocenters. The molecule has 0 radical (unpaired) electrons. The van der Waals surface area contributed by atoms with E-state index in [1.54, 1.807) is 28.1 Å². The van der Waals surface area contributed by atoms with Crippen LogP contribution in [0.4, 0.5) is 10.6 Å². The first-order chi connectivity index (χ1) is 20.1. The zero-order valence-corrected chi connectivity index (χ0v) is 27.1. The van der Waals surface area contributed by atoms with Crippen LogP contribution < -0.4 is 10.4 Å². The van der Waals surface area contributed by atoms with E-state index >= 15 is 0 Å². The standard InChI is InChI=1S/C33H41BClN3O5/c1-21-11-9-12-22-16-17-36-28(27(21)22)38(24-13-10-18-37(20-24)30(40)41-31(2,3)4)29(39)25-15-14-23(19-26(25)35)34-42-32(5,6)33(7,8)43-34/h9,11-12,14-17,19,24H,10,13,18,20H2,1-8H3/t24-/m1/s1. The van der Waals surface area contributed by atoms with Crippen molar-refractivity contribution >= 4 is 52.8 Å². The van der Waals surface area contributed by atoms with Crippen molar-refractivity contribution in [1.29, 1.82) is 0 Å². The molecule has 2 fully saturated rings. The Balaban J connectivity index is 1.54. The van der Waals surface area contributed by atoms with E-state index in [-0.39, 0.29) is 11.9 Å². The molecule has 3 heterocycles. The number of halogens is 1. The van der Waals surface area contributed by atoms with Gasteiger partial charge in [-0.05, 0) is 103 Å². The maximum absolute atomic E-state index is 14.6. The molecule has 228 valence electrons. The second-order valence-corrected chi connectivity index (χ2v) is 13.9. The average Bonchev–Trinajstić information content (AvgIpc) is 3.14. The number of nitrogens with zero attached hydrogens (tertiary/aromatic N) is 3. The fourth-order valence-electron chi connectivity index (χ4n) is 5.62. The number of hydrogen-bond donors (Lipinski definition) is 0. The Labute approximate surface area is 259 Å². The lowest BCUT2D eigenvalue weighted by Gasteiger charge is -2.39. The molecule has 2 aliphatic heterocycles. The molecule has 0 bridgehead atoms. The van der Waals surface area contributed by atoms with Crippen molar-refractivity contribution in [3.05, 3.63) is 64.8 Å². The smallest absolute Gasteiger partial charge is 0.444 e. The number of piperidine rings is 1. The lowest BCUT2D eigenvalue weighted by Crippen LogP contribution is -2.53.